The van der Waals surface area contributed by atoms with Gasteiger partial charge in [-0.3, -0.25) is 4.90 Å². The summed E-state index contributed by atoms with van der Waals surface area (Å²) in [5.41, 5.74) is 1.16. The first-order valence-electron chi connectivity index (χ1n) is 10.2. The van der Waals surface area contributed by atoms with E-state index >= 15 is 0 Å². The number of piperazine rings is 1. The van der Waals surface area contributed by atoms with Crippen molar-refractivity contribution in [3.05, 3.63) is 48.3 Å². The van der Waals surface area contributed by atoms with E-state index in [9.17, 15) is 4.79 Å². The van der Waals surface area contributed by atoms with Crippen LogP contribution in [0.1, 0.15) is 12.0 Å². The Labute approximate surface area is 172 Å². The van der Waals surface area contributed by atoms with Gasteiger partial charge in [0.2, 0.25) is 5.95 Å². The number of rotatable bonds is 9. The molecule has 2 N–H and O–H groups in total. The van der Waals surface area contributed by atoms with E-state index in [2.05, 4.69) is 30.4 Å². The molecule has 156 valence electrons. The second-order valence-corrected chi connectivity index (χ2v) is 7.08. The molecule has 3 rings (SSSR count). The maximum Gasteiger partial charge on any atom is 0.314 e. The Balaban J connectivity index is 1.20. The normalized spacial score (nSPS) is 14.4. The van der Waals surface area contributed by atoms with Gasteiger partial charge < -0.3 is 20.3 Å². The van der Waals surface area contributed by atoms with Gasteiger partial charge in [0.1, 0.15) is 12.4 Å². The third-order valence-electron chi connectivity index (χ3n) is 4.79. The molecule has 0 atom stereocenters. The number of aryl methyl sites for hydroxylation is 1. The Morgan fingerprint density at radius 1 is 1.07 bits per heavy atom. The molecule has 1 aromatic carbocycles. The first-order valence-corrected chi connectivity index (χ1v) is 10.2. The van der Waals surface area contributed by atoms with Crippen LogP contribution in [0.25, 0.3) is 0 Å². The molecule has 0 radical (unpaired) electrons. The predicted molar refractivity (Wildman–Crippen MR) is 113 cm³/mol. The lowest BCUT2D eigenvalue weighted by Crippen LogP contribution is -2.47. The smallest absolute Gasteiger partial charge is 0.314 e. The summed E-state index contributed by atoms with van der Waals surface area (Å²) in [6.07, 6.45) is 4.48. The lowest BCUT2D eigenvalue weighted by atomic mass is 10.2. The van der Waals surface area contributed by atoms with E-state index in [1.165, 1.54) is 0 Å². The van der Waals surface area contributed by atoms with Gasteiger partial charge in [-0.2, -0.15) is 0 Å². The van der Waals surface area contributed by atoms with Crippen LogP contribution in [0.15, 0.2) is 42.7 Å². The van der Waals surface area contributed by atoms with Crippen molar-refractivity contribution in [2.45, 2.75) is 13.3 Å². The monoisotopic (exact) mass is 398 g/mol. The molecule has 2 aromatic rings. The number of ether oxygens (including phenoxy) is 1. The predicted octanol–water partition coefficient (Wildman–Crippen LogP) is 1.68. The summed E-state index contributed by atoms with van der Waals surface area (Å²) in [4.78, 5) is 25.1. The highest BCUT2D eigenvalue weighted by molar-refractivity contribution is 5.73. The van der Waals surface area contributed by atoms with E-state index in [0.717, 1.165) is 56.4 Å². The molecular formula is C21H30N6O2. The Kier molecular flexibility index (Phi) is 8.06. The van der Waals surface area contributed by atoms with Gasteiger partial charge in [-0.25, -0.2) is 14.8 Å². The zero-order valence-electron chi connectivity index (χ0n) is 17.0. The second kappa shape index (κ2) is 11.2. The van der Waals surface area contributed by atoms with Crippen molar-refractivity contribution in [2.24, 2.45) is 0 Å². The summed E-state index contributed by atoms with van der Waals surface area (Å²) in [5, 5.41) is 5.72. The van der Waals surface area contributed by atoms with Crippen molar-refractivity contribution < 1.29 is 9.53 Å². The average Bonchev–Trinajstić information content (AvgIpc) is 2.75. The maximum atomic E-state index is 11.8. The number of nitrogens with zero attached hydrogens (tertiary/aromatic N) is 4. The Hall–Kier alpha value is -2.87. The van der Waals surface area contributed by atoms with E-state index in [0.29, 0.717) is 19.7 Å². The highest BCUT2D eigenvalue weighted by Crippen LogP contribution is 2.12. The molecule has 2 heterocycles. The Morgan fingerprint density at radius 3 is 2.59 bits per heavy atom. The molecule has 0 saturated carbocycles. The van der Waals surface area contributed by atoms with Gasteiger partial charge in [-0.1, -0.05) is 12.1 Å². The highest BCUT2D eigenvalue weighted by Gasteiger charge is 2.18. The fourth-order valence-electron chi connectivity index (χ4n) is 3.23. The molecule has 0 unspecified atom stereocenters. The van der Waals surface area contributed by atoms with Crippen LogP contribution in [0.3, 0.4) is 0 Å². The molecule has 8 heteroatoms. The molecule has 1 saturated heterocycles. The molecule has 0 bridgehead atoms. The fourth-order valence-corrected chi connectivity index (χ4v) is 3.23. The van der Waals surface area contributed by atoms with Crippen molar-refractivity contribution >= 4 is 12.0 Å². The number of anilines is 1. The number of urea groups is 1. The lowest BCUT2D eigenvalue weighted by molar-refractivity contribution is 0.232. The number of benzene rings is 1. The standard InChI is InChI=1S/C21H30N6O2/c1-18-5-2-6-19(17-18)29-16-10-25-21(28)24-9-4-11-26-12-14-27(15-13-26)20-22-7-3-8-23-20/h2-3,5-8,17H,4,9-16H2,1H3,(H2,24,25,28). The summed E-state index contributed by atoms with van der Waals surface area (Å²) in [7, 11) is 0. The first kappa shape index (κ1) is 20.9. The third-order valence-corrected chi connectivity index (χ3v) is 4.79. The zero-order chi connectivity index (χ0) is 20.3. The van der Waals surface area contributed by atoms with Crippen molar-refractivity contribution in [3.8, 4) is 5.75 Å². The second-order valence-electron chi connectivity index (χ2n) is 7.08. The third kappa shape index (κ3) is 7.23. The summed E-state index contributed by atoms with van der Waals surface area (Å²) < 4.78 is 5.62. The number of aromatic nitrogens is 2. The molecule has 1 aromatic heterocycles. The van der Waals surface area contributed by atoms with Gasteiger partial charge in [0.15, 0.2) is 0 Å². The molecule has 1 aliphatic heterocycles. The molecule has 1 fully saturated rings. The topological polar surface area (TPSA) is 82.6 Å². The molecule has 0 aliphatic carbocycles. The molecule has 2 amide bonds. The minimum absolute atomic E-state index is 0.149. The van der Waals surface area contributed by atoms with Crippen LogP contribution in [0.4, 0.5) is 10.7 Å². The first-order chi connectivity index (χ1) is 14.2. The van der Waals surface area contributed by atoms with Gasteiger partial charge in [0.25, 0.3) is 0 Å². The minimum atomic E-state index is -0.149. The van der Waals surface area contributed by atoms with Crippen molar-refractivity contribution in [3.63, 3.8) is 0 Å². The van der Waals surface area contributed by atoms with Gasteiger partial charge >= 0.3 is 6.03 Å². The van der Waals surface area contributed by atoms with Gasteiger partial charge in [0.05, 0.1) is 6.54 Å². The van der Waals surface area contributed by atoms with Crippen LogP contribution in [0.5, 0.6) is 5.75 Å². The molecule has 0 spiro atoms. The van der Waals surface area contributed by atoms with E-state index in [1.807, 2.05) is 37.3 Å². The summed E-state index contributed by atoms with van der Waals surface area (Å²) in [5.74, 6) is 1.63. The molecule has 29 heavy (non-hydrogen) atoms. The average molecular weight is 399 g/mol. The minimum Gasteiger partial charge on any atom is -0.492 e. The summed E-state index contributed by atoms with van der Waals surface area (Å²) >= 11 is 0. The quantitative estimate of drug-likeness (QED) is 0.626. The lowest BCUT2D eigenvalue weighted by Gasteiger charge is -2.34. The van der Waals surface area contributed by atoms with Crippen molar-refractivity contribution in [1.29, 1.82) is 0 Å². The van der Waals surface area contributed by atoms with Crippen LogP contribution in [-0.2, 0) is 0 Å². The summed E-state index contributed by atoms with van der Waals surface area (Å²) in [6, 6.07) is 9.56. The van der Waals surface area contributed by atoms with Crippen molar-refractivity contribution in [1.82, 2.24) is 25.5 Å². The number of nitrogens with one attached hydrogen (secondary N) is 2. The zero-order valence-corrected chi connectivity index (χ0v) is 17.0. The SMILES string of the molecule is Cc1cccc(OCCNC(=O)NCCCN2CCN(c3ncccn3)CC2)c1. The highest BCUT2D eigenvalue weighted by atomic mass is 16.5. The fraction of sp³-hybridized carbons (Fsp3) is 0.476. The van der Waals surface area contributed by atoms with Crippen LogP contribution in [-0.4, -0.2) is 73.3 Å². The van der Waals surface area contributed by atoms with E-state index < -0.39 is 0 Å². The van der Waals surface area contributed by atoms with Gasteiger partial charge in [-0.15, -0.1) is 0 Å². The molecule has 1 aliphatic rings. The number of hydrogen-bond donors (Lipinski definition) is 2. The van der Waals surface area contributed by atoms with Crippen LogP contribution >= 0.6 is 0 Å². The van der Waals surface area contributed by atoms with Gasteiger partial charge in [-0.05, 0) is 43.7 Å². The van der Waals surface area contributed by atoms with Crippen LogP contribution in [0.2, 0.25) is 0 Å². The summed E-state index contributed by atoms with van der Waals surface area (Å²) in [6.45, 7) is 8.41. The Bertz CT molecular complexity index is 750. The largest absolute Gasteiger partial charge is 0.492 e. The number of hydrogen-bond acceptors (Lipinski definition) is 6. The van der Waals surface area contributed by atoms with E-state index in [1.54, 1.807) is 12.4 Å². The number of amides is 2. The number of carbonyl (C=O) groups is 1. The maximum absolute atomic E-state index is 11.8. The molecular weight excluding hydrogens is 368 g/mol. The van der Waals surface area contributed by atoms with Gasteiger partial charge in [0, 0.05) is 45.1 Å². The molecule has 8 nitrogen and oxygen atoms in total. The van der Waals surface area contributed by atoms with E-state index in [4.69, 9.17) is 4.74 Å². The van der Waals surface area contributed by atoms with Crippen LogP contribution < -0.4 is 20.3 Å². The van der Waals surface area contributed by atoms with Crippen LogP contribution in [0, 0.1) is 6.92 Å². The van der Waals surface area contributed by atoms with E-state index in [-0.39, 0.29) is 6.03 Å². The number of carbonyl (C=O) groups excluding carboxylic acids is 1. The van der Waals surface area contributed by atoms with Crippen molar-refractivity contribution in [2.75, 3.05) is 57.3 Å². The Morgan fingerprint density at radius 2 is 1.83 bits per heavy atom.